The van der Waals surface area contributed by atoms with E-state index in [0.29, 0.717) is 22.9 Å². The molecule has 1 N–H and O–H groups in total. The molecule has 0 unspecified atom stereocenters. The van der Waals surface area contributed by atoms with Gasteiger partial charge in [0.2, 0.25) is 11.9 Å². The summed E-state index contributed by atoms with van der Waals surface area (Å²) in [5.41, 5.74) is 0.820. The maximum atomic E-state index is 14.1. The molecule has 148 valence electrons. The van der Waals surface area contributed by atoms with Crippen LogP contribution in [-0.2, 0) is 9.63 Å². The van der Waals surface area contributed by atoms with Gasteiger partial charge in [-0.1, -0.05) is 22.8 Å². The molecule has 9 heteroatoms. The Morgan fingerprint density at radius 1 is 1.21 bits per heavy atom. The van der Waals surface area contributed by atoms with Crippen molar-refractivity contribution in [2.24, 2.45) is 5.16 Å². The molecule has 1 heterocycles. The van der Waals surface area contributed by atoms with Gasteiger partial charge in [-0.05, 0) is 12.1 Å². The number of amides is 1. The minimum Gasteiger partial charge on any atom is -0.493 e. The van der Waals surface area contributed by atoms with Gasteiger partial charge >= 0.3 is 0 Å². The van der Waals surface area contributed by atoms with Crippen LogP contribution >= 0.6 is 11.6 Å². The zero-order valence-electron chi connectivity index (χ0n) is 15.4. The number of anilines is 1. The highest BCUT2D eigenvalue weighted by atomic mass is 35.5. The molecule has 1 amide bonds. The highest BCUT2D eigenvalue weighted by Gasteiger charge is 2.31. The number of carbonyl (C=O) groups excluding carboxylic acids is 1. The first-order chi connectivity index (χ1) is 13.5. The maximum absolute atomic E-state index is 14.1. The van der Waals surface area contributed by atoms with Crippen LogP contribution < -0.4 is 19.5 Å². The molecule has 0 fully saturated rings. The highest BCUT2D eigenvalue weighted by molar-refractivity contribution is 6.34. The van der Waals surface area contributed by atoms with Crippen LogP contribution in [0.5, 0.6) is 17.2 Å². The van der Waals surface area contributed by atoms with Gasteiger partial charge in [0, 0.05) is 24.2 Å². The lowest BCUT2D eigenvalue weighted by atomic mass is 10.0. The first-order valence-corrected chi connectivity index (χ1v) is 8.64. The molecular formula is C19H18ClFN2O5. The Morgan fingerprint density at radius 2 is 1.89 bits per heavy atom. The lowest BCUT2D eigenvalue weighted by molar-refractivity contribution is -0.125. The molecule has 3 rings (SSSR count). The number of methoxy groups -OCH3 is 3. The number of rotatable bonds is 6. The second kappa shape index (κ2) is 8.35. The SMILES string of the molecule is COc1cc(NC(=O)[C@@H]2CC(c3c(F)cccc3Cl)=NO2)cc(OC)c1OC. The number of carbonyl (C=O) groups is 1. The van der Waals surface area contributed by atoms with Crippen LogP contribution in [0, 0.1) is 5.82 Å². The number of halogens is 2. The van der Waals surface area contributed by atoms with Gasteiger partial charge in [0.05, 0.1) is 37.6 Å². The number of nitrogens with one attached hydrogen (secondary N) is 1. The zero-order valence-corrected chi connectivity index (χ0v) is 16.2. The first-order valence-electron chi connectivity index (χ1n) is 8.26. The van der Waals surface area contributed by atoms with E-state index in [0.717, 1.165) is 0 Å². The van der Waals surface area contributed by atoms with E-state index in [-0.39, 0.29) is 22.7 Å². The summed E-state index contributed by atoms with van der Waals surface area (Å²) in [7, 11) is 4.43. The van der Waals surface area contributed by atoms with Gasteiger partial charge < -0.3 is 24.4 Å². The van der Waals surface area contributed by atoms with Crippen LogP contribution in [0.2, 0.25) is 5.02 Å². The summed E-state index contributed by atoms with van der Waals surface area (Å²) in [5.74, 6) is 0.195. The van der Waals surface area contributed by atoms with Gasteiger partial charge in [-0.3, -0.25) is 4.79 Å². The van der Waals surface area contributed by atoms with E-state index in [9.17, 15) is 9.18 Å². The lowest BCUT2D eigenvalue weighted by Gasteiger charge is -2.15. The summed E-state index contributed by atoms with van der Waals surface area (Å²) >= 11 is 6.05. The average molecular weight is 409 g/mol. The number of benzene rings is 2. The molecule has 2 aromatic carbocycles. The third-order valence-corrected chi connectivity index (χ3v) is 4.46. The summed E-state index contributed by atoms with van der Waals surface area (Å²) in [5, 5.41) is 6.74. The van der Waals surface area contributed by atoms with Crippen molar-refractivity contribution in [3.05, 3.63) is 46.7 Å². The molecule has 7 nitrogen and oxygen atoms in total. The Bertz CT molecular complexity index is 889. The Labute approximate surface area is 166 Å². The van der Waals surface area contributed by atoms with Crippen molar-refractivity contribution in [2.45, 2.75) is 12.5 Å². The Kier molecular flexibility index (Phi) is 5.89. The van der Waals surface area contributed by atoms with Crippen LogP contribution in [0.3, 0.4) is 0 Å². The van der Waals surface area contributed by atoms with E-state index < -0.39 is 17.8 Å². The second-order valence-electron chi connectivity index (χ2n) is 5.84. The van der Waals surface area contributed by atoms with Crippen molar-refractivity contribution in [2.75, 3.05) is 26.6 Å². The number of hydrogen-bond acceptors (Lipinski definition) is 6. The Balaban J connectivity index is 1.75. The first kappa shape index (κ1) is 19.8. The summed E-state index contributed by atoms with van der Waals surface area (Å²) in [6.45, 7) is 0. The van der Waals surface area contributed by atoms with Gasteiger partial charge in [0.1, 0.15) is 5.82 Å². The molecule has 28 heavy (non-hydrogen) atoms. The number of nitrogens with zero attached hydrogens (tertiary/aromatic N) is 1. The normalized spacial score (nSPS) is 15.5. The van der Waals surface area contributed by atoms with Gasteiger partial charge in [-0.25, -0.2) is 4.39 Å². The number of hydrogen-bond donors (Lipinski definition) is 1. The van der Waals surface area contributed by atoms with Gasteiger partial charge in [0.25, 0.3) is 5.91 Å². The molecule has 0 saturated heterocycles. The molecule has 0 spiro atoms. The van der Waals surface area contributed by atoms with E-state index in [2.05, 4.69) is 10.5 Å². The smallest absolute Gasteiger partial charge is 0.268 e. The van der Waals surface area contributed by atoms with E-state index in [1.54, 1.807) is 18.2 Å². The fourth-order valence-electron chi connectivity index (χ4n) is 2.82. The van der Waals surface area contributed by atoms with Gasteiger partial charge in [0.15, 0.2) is 11.5 Å². The zero-order chi connectivity index (χ0) is 20.3. The summed E-state index contributed by atoms with van der Waals surface area (Å²) in [6, 6.07) is 7.48. The second-order valence-corrected chi connectivity index (χ2v) is 6.24. The third kappa shape index (κ3) is 3.82. The molecule has 1 atom stereocenters. The fraction of sp³-hybridized carbons (Fsp3) is 0.263. The fourth-order valence-corrected chi connectivity index (χ4v) is 3.09. The predicted molar refractivity (Wildman–Crippen MR) is 102 cm³/mol. The van der Waals surface area contributed by atoms with Crippen LogP contribution in [-0.4, -0.2) is 39.1 Å². The Morgan fingerprint density at radius 3 is 2.46 bits per heavy atom. The van der Waals surface area contributed by atoms with Crippen LogP contribution in [0.4, 0.5) is 10.1 Å². The van der Waals surface area contributed by atoms with Gasteiger partial charge in [-0.2, -0.15) is 0 Å². The minimum atomic E-state index is -0.926. The summed E-state index contributed by atoms with van der Waals surface area (Å²) in [4.78, 5) is 17.8. The van der Waals surface area contributed by atoms with Crippen LogP contribution in [0.1, 0.15) is 12.0 Å². The molecule has 1 aliphatic heterocycles. The van der Waals surface area contributed by atoms with Crippen molar-refractivity contribution in [1.82, 2.24) is 0 Å². The molecule has 2 aromatic rings. The van der Waals surface area contributed by atoms with Crippen LogP contribution in [0.25, 0.3) is 0 Å². The minimum absolute atomic E-state index is 0.0803. The lowest BCUT2D eigenvalue weighted by Crippen LogP contribution is -2.28. The van der Waals surface area contributed by atoms with Crippen molar-refractivity contribution in [3.8, 4) is 17.2 Å². The molecule has 0 bridgehead atoms. The molecule has 0 aromatic heterocycles. The van der Waals surface area contributed by atoms with Crippen molar-refractivity contribution >= 4 is 28.9 Å². The number of ether oxygens (including phenoxy) is 3. The molecule has 0 saturated carbocycles. The third-order valence-electron chi connectivity index (χ3n) is 4.14. The standard InChI is InChI=1S/C19H18ClFN2O5/c1-25-14-7-10(8-15(26-2)18(14)27-3)22-19(24)16-9-13(23-28-16)17-11(20)5-4-6-12(17)21/h4-8,16H,9H2,1-3H3,(H,22,24)/t16-/m0/s1. The molecular weight excluding hydrogens is 391 g/mol. The van der Waals surface area contributed by atoms with E-state index in [4.69, 9.17) is 30.6 Å². The molecule has 0 radical (unpaired) electrons. The Hall–Kier alpha value is -3.00. The van der Waals surface area contributed by atoms with E-state index in [1.807, 2.05) is 0 Å². The molecule has 1 aliphatic rings. The highest BCUT2D eigenvalue weighted by Crippen LogP contribution is 2.40. The monoisotopic (exact) mass is 408 g/mol. The van der Waals surface area contributed by atoms with Gasteiger partial charge in [-0.15, -0.1) is 0 Å². The molecule has 0 aliphatic carbocycles. The van der Waals surface area contributed by atoms with E-state index >= 15 is 0 Å². The topological polar surface area (TPSA) is 78.4 Å². The quantitative estimate of drug-likeness (QED) is 0.789. The van der Waals surface area contributed by atoms with Crippen molar-refractivity contribution in [3.63, 3.8) is 0 Å². The van der Waals surface area contributed by atoms with E-state index in [1.165, 1.54) is 33.5 Å². The summed E-state index contributed by atoms with van der Waals surface area (Å²) < 4.78 is 29.8. The average Bonchev–Trinajstić information content (AvgIpc) is 3.16. The van der Waals surface area contributed by atoms with Crippen molar-refractivity contribution in [1.29, 1.82) is 0 Å². The van der Waals surface area contributed by atoms with Crippen molar-refractivity contribution < 1.29 is 28.2 Å². The van der Waals surface area contributed by atoms with Crippen LogP contribution in [0.15, 0.2) is 35.5 Å². The predicted octanol–water partition coefficient (Wildman–Crippen LogP) is 3.64. The largest absolute Gasteiger partial charge is 0.493 e. The summed E-state index contributed by atoms with van der Waals surface area (Å²) in [6.07, 6.45) is -0.846. The number of oxime groups is 1. The maximum Gasteiger partial charge on any atom is 0.268 e.